The van der Waals surface area contributed by atoms with E-state index in [0.29, 0.717) is 12.4 Å². The number of alkyl halides is 3. The number of nitrogens with two attached hydrogens (primary N) is 1. The number of halogens is 3. The van der Waals surface area contributed by atoms with Gasteiger partial charge < -0.3 is 11.1 Å². The molecule has 0 amide bonds. The summed E-state index contributed by atoms with van der Waals surface area (Å²) in [6.07, 6.45) is -2.88. The Morgan fingerprint density at radius 2 is 1.84 bits per heavy atom. The molecule has 0 bridgehead atoms. The minimum Gasteiger partial charge on any atom is -0.340 e. The van der Waals surface area contributed by atoms with E-state index < -0.39 is 11.7 Å². The molecule has 1 heterocycles. The van der Waals surface area contributed by atoms with E-state index in [1.54, 1.807) is 12.1 Å². The highest BCUT2D eigenvalue weighted by Crippen LogP contribution is 2.35. The number of nitrogens with zero attached hydrogens (tertiary/aromatic N) is 1. The summed E-state index contributed by atoms with van der Waals surface area (Å²) in [6, 6.07) is 8.57. The first kappa shape index (κ1) is 13.4. The molecular weight excluding hydrogens is 255 g/mol. The molecule has 0 aliphatic carbocycles. The highest BCUT2D eigenvalue weighted by molar-refractivity contribution is 5.61. The van der Waals surface area contributed by atoms with Crippen LogP contribution in [-0.4, -0.2) is 4.98 Å². The Morgan fingerprint density at radius 1 is 1.11 bits per heavy atom. The lowest BCUT2D eigenvalue weighted by Crippen LogP contribution is -2.09. The highest BCUT2D eigenvalue weighted by atomic mass is 19.4. The van der Waals surface area contributed by atoms with Gasteiger partial charge in [-0.05, 0) is 23.8 Å². The van der Waals surface area contributed by atoms with Crippen molar-refractivity contribution in [1.82, 2.24) is 4.98 Å². The van der Waals surface area contributed by atoms with E-state index in [1.807, 2.05) is 0 Å². The van der Waals surface area contributed by atoms with Crippen LogP contribution in [0.3, 0.4) is 0 Å². The minimum absolute atomic E-state index is 0.0250. The fraction of sp³-hybridized carbons (Fsp3) is 0.154. The Balaban J connectivity index is 2.28. The molecule has 0 aliphatic rings. The molecule has 2 aromatic rings. The molecular formula is C13H12F3N3. The van der Waals surface area contributed by atoms with Crippen LogP contribution in [0.15, 0.2) is 42.6 Å². The second kappa shape index (κ2) is 5.27. The summed E-state index contributed by atoms with van der Waals surface area (Å²) in [5, 5.41) is 2.66. The standard InChI is InChI=1S/C13H12F3N3/c14-13(15,16)10-3-1-2-4-11(10)19-12-6-5-9(7-17)8-18-12/h1-6,8H,7,17H2,(H,18,19). The molecule has 0 spiro atoms. The van der Waals surface area contributed by atoms with Gasteiger partial charge in [0.2, 0.25) is 0 Å². The third-order valence-corrected chi connectivity index (χ3v) is 2.56. The van der Waals surface area contributed by atoms with Crippen LogP contribution in [0.1, 0.15) is 11.1 Å². The quantitative estimate of drug-likeness (QED) is 0.897. The molecule has 3 nitrogen and oxygen atoms in total. The van der Waals surface area contributed by atoms with Crippen LogP contribution in [0.2, 0.25) is 0 Å². The average Bonchev–Trinajstić information content (AvgIpc) is 2.39. The van der Waals surface area contributed by atoms with Gasteiger partial charge in [0.05, 0.1) is 11.3 Å². The molecule has 0 atom stereocenters. The smallest absolute Gasteiger partial charge is 0.340 e. The van der Waals surface area contributed by atoms with Gasteiger partial charge in [-0.2, -0.15) is 13.2 Å². The molecule has 0 unspecified atom stereocenters. The predicted molar refractivity (Wildman–Crippen MR) is 66.9 cm³/mol. The maximum absolute atomic E-state index is 12.8. The molecule has 100 valence electrons. The zero-order valence-electron chi connectivity index (χ0n) is 9.91. The Bertz CT molecular complexity index is 550. The van der Waals surface area contributed by atoms with E-state index in [2.05, 4.69) is 10.3 Å². The molecule has 19 heavy (non-hydrogen) atoms. The van der Waals surface area contributed by atoms with E-state index in [0.717, 1.165) is 11.6 Å². The van der Waals surface area contributed by atoms with Gasteiger partial charge in [-0.1, -0.05) is 18.2 Å². The summed E-state index contributed by atoms with van der Waals surface area (Å²) in [5.74, 6) is 0.342. The molecule has 1 aromatic carbocycles. The van der Waals surface area contributed by atoms with E-state index in [1.165, 1.54) is 24.4 Å². The van der Waals surface area contributed by atoms with Gasteiger partial charge in [0, 0.05) is 12.7 Å². The monoisotopic (exact) mass is 267 g/mol. The lowest BCUT2D eigenvalue weighted by molar-refractivity contribution is -0.136. The van der Waals surface area contributed by atoms with Crippen LogP contribution in [0, 0.1) is 0 Å². The van der Waals surface area contributed by atoms with Gasteiger partial charge in [0.1, 0.15) is 5.82 Å². The average molecular weight is 267 g/mol. The Hall–Kier alpha value is -2.08. The zero-order valence-corrected chi connectivity index (χ0v) is 9.91. The minimum atomic E-state index is -4.40. The Kier molecular flexibility index (Phi) is 3.71. The van der Waals surface area contributed by atoms with Gasteiger partial charge >= 0.3 is 6.18 Å². The van der Waals surface area contributed by atoms with Crippen molar-refractivity contribution in [3.63, 3.8) is 0 Å². The van der Waals surface area contributed by atoms with Crippen LogP contribution in [0.5, 0.6) is 0 Å². The lowest BCUT2D eigenvalue weighted by Gasteiger charge is -2.13. The van der Waals surface area contributed by atoms with Crippen molar-refractivity contribution < 1.29 is 13.2 Å². The lowest BCUT2D eigenvalue weighted by atomic mass is 10.1. The van der Waals surface area contributed by atoms with Crippen LogP contribution in [-0.2, 0) is 12.7 Å². The molecule has 0 saturated heterocycles. The highest BCUT2D eigenvalue weighted by Gasteiger charge is 2.33. The first-order valence-corrected chi connectivity index (χ1v) is 5.59. The van der Waals surface area contributed by atoms with Crippen molar-refractivity contribution in [3.05, 3.63) is 53.7 Å². The van der Waals surface area contributed by atoms with Crippen molar-refractivity contribution >= 4 is 11.5 Å². The normalized spacial score (nSPS) is 11.4. The van der Waals surface area contributed by atoms with Crippen molar-refractivity contribution in [3.8, 4) is 0 Å². The van der Waals surface area contributed by atoms with Gasteiger partial charge in [-0.3, -0.25) is 0 Å². The number of nitrogens with one attached hydrogen (secondary N) is 1. The number of hydrogen-bond donors (Lipinski definition) is 2. The van der Waals surface area contributed by atoms with E-state index >= 15 is 0 Å². The summed E-state index contributed by atoms with van der Waals surface area (Å²) >= 11 is 0. The maximum atomic E-state index is 12.8. The number of anilines is 2. The summed E-state index contributed by atoms with van der Waals surface area (Å²) in [6.45, 7) is 0.340. The van der Waals surface area contributed by atoms with Gasteiger partial charge in [-0.25, -0.2) is 4.98 Å². The van der Waals surface area contributed by atoms with Gasteiger partial charge in [-0.15, -0.1) is 0 Å². The van der Waals surface area contributed by atoms with E-state index in [4.69, 9.17) is 5.73 Å². The first-order chi connectivity index (χ1) is 9.00. The second-order valence-corrected chi connectivity index (χ2v) is 3.92. The number of rotatable bonds is 3. The molecule has 3 N–H and O–H groups in total. The Labute approximate surface area is 108 Å². The summed E-state index contributed by atoms with van der Waals surface area (Å²) in [4.78, 5) is 4.01. The topological polar surface area (TPSA) is 50.9 Å². The van der Waals surface area contributed by atoms with E-state index in [-0.39, 0.29) is 5.69 Å². The van der Waals surface area contributed by atoms with Crippen molar-refractivity contribution in [2.75, 3.05) is 5.32 Å². The molecule has 0 fully saturated rings. The van der Waals surface area contributed by atoms with Crippen molar-refractivity contribution in [2.45, 2.75) is 12.7 Å². The van der Waals surface area contributed by atoms with Crippen LogP contribution >= 0.6 is 0 Å². The predicted octanol–water partition coefficient (Wildman–Crippen LogP) is 3.30. The van der Waals surface area contributed by atoms with Crippen molar-refractivity contribution in [1.29, 1.82) is 0 Å². The molecule has 2 rings (SSSR count). The number of benzene rings is 1. The molecule has 1 aromatic heterocycles. The largest absolute Gasteiger partial charge is 0.418 e. The molecule has 0 aliphatic heterocycles. The number of pyridine rings is 1. The summed E-state index contributed by atoms with van der Waals surface area (Å²) < 4.78 is 38.4. The van der Waals surface area contributed by atoms with Gasteiger partial charge in [0.15, 0.2) is 0 Å². The third-order valence-electron chi connectivity index (χ3n) is 2.56. The van der Waals surface area contributed by atoms with Gasteiger partial charge in [0.25, 0.3) is 0 Å². The van der Waals surface area contributed by atoms with Crippen LogP contribution < -0.4 is 11.1 Å². The first-order valence-electron chi connectivity index (χ1n) is 5.59. The second-order valence-electron chi connectivity index (χ2n) is 3.92. The molecule has 0 saturated carbocycles. The van der Waals surface area contributed by atoms with Crippen molar-refractivity contribution in [2.24, 2.45) is 5.73 Å². The zero-order chi connectivity index (χ0) is 13.9. The number of para-hydroxylation sites is 1. The summed E-state index contributed by atoms with van der Waals surface area (Å²) in [5.41, 5.74) is 5.49. The van der Waals surface area contributed by atoms with Crippen LogP contribution in [0.4, 0.5) is 24.7 Å². The third kappa shape index (κ3) is 3.23. The maximum Gasteiger partial charge on any atom is 0.418 e. The Morgan fingerprint density at radius 3 is 2.42 bits per heavy atom. The molecule has 6 heteroatoms. The fourth-order valence-electron chi connectivity index (χ4n) is 1.60. The number of aromatic nitrogens is 1. The van der Waals surface area contributed by atoms with Crippen LogP contribution in [0.25, 0.3) is 0 Å². The number of hydrogen-bond acceptors (Lipinski definition) is 3. The fourth-order valence-corrected chi connectivity index (χ4v) is 1.60. The SMILES string of the molecule is NCc1ccc(Nc2ccccc2C(F)(F)F)nc1. The summed E-state index contributed by atoms with van der Waals surface area (Å²) in [7, 11) is 0. The van der Waals surface area contributed by atoms with E-state index in [9.17, 15) is 13.2 Å². The molecule has 0 radical (unpaired) electrons.